The molecule has 1 saturated carbocycles. The molecule has 2 aliphatic heterocycles. The minimum atomic E-state index is -0.197. The van der Waals surface area contributed by atoms with E-state index < -0.39 is 0 Å². The number of amides is 1. The fourth-order valence-corrected chi connectivity index (χ4v) is 4.94. The van der Waals surface area contributed by atoms with E-state index in [9.17, 15) is 4.79 Å². The van der Waals surface area contributed by atoms with Gasteiger partial charge in [-0.3, -0.25) is 4.79 Å². The fraction of sp³-hybridized carbons (Fsp3) is 0.478. The first-order valence-electron chi connectivity index (χ1n) is 11.1. The number of carbonyl (C=O) groups is 1. The number of hydrogen-bond acceptors (Lipinski definition) is 6. The maximum Gasteiger partial charge on any atom is 0.287 e. The number of hydrogen-bond donors (Lipinski definition) is 1. The maximum atomic E-state index is 12.7. The molecule has 1 amide bonds. The number of imidazole rings is 1. The third-order valence-corrected chi connectivity index (χ3v) is 6.97. The average Bonchev–Trinajstić information content (AvgIpc) is 3.50. The number of benzene rings is 1. The lowest BCUT2D eigenvalue weighted by molar-refractivity contribution is -0.0551. The molecule has 0 atom stereocenters. The van der Waals surface area contributed by atoms with Crippen molar-refractivity contribution < 1.29 is 9.53 Å². The smallest absolute Gasteiger partial charge is 0.287 e. The van der Waals surface area contributed by atoms with E-state index in [0.717, 1.165) is 38.3 Å². The van der Waals surface area contributed by atoms with Crippen molar-refractivity contribution in [1.82, 2.24) is 24.8 Å². The van der Waals surface area contributed by atoms with Crippen LogP contribution >= 0.6 is 0 Å². The van der Waals surface area contributed by atoms with Gasteiger partial charge in [0.05, 0.1) is 12.2 Å². The Hall–Kier alpha value is -3.00. The number of rotatable bonds is 4. The summed E-state index contributed by atoms with van der Waals surface area (Å²) in [7, 11) is 1.84. The van der Waals surface area contributed by atoms with Gasteiger partial charge in [0.15, 0.2) is 17.0 Å². The number of carbonyl (C=O) groups excluding carboxylic acids is 1. The first-order chi connectivity index (χ1) is 15.1. The lowest BCUT2D eigenvalue weighted by Gasteiger charge is -2.39. The molecule has 8 heteroatoms. The summed E-state index contributed by atoms with van der Waals surface area (Å²) >= 11 is 0. The van der Waals surface area contributed by atoms with Gasteiger partial charge in [-0.1, -0.05) is 24.3 Å². The van der Waals surface area contributed by atoms with Gasteiger partial charge >= 0.3 is 0 Å². The highest BCUT2D eigenvalue weighted by Gasteiger charge is 2.43. The van der Waals surface area contributed by atoms with E-state index in [1.165, 1.54) is 24.0 Å². The van der Waals surface area contributed by atoms with Gasteiger partial charge in [-0.25, -0.2) is 15.0 Å². The zero-order valence-electron chi connectivity index (χ0n) is 17.7. The van der Waals surface area contributed by atoms with Crippen LogP contribution in [0.25, 0.3) is 11.2 Å². The van der Waals surface area contributed by atoms with E-state index in [-0.39, 0.29) is 11.5 Å². The Bertz CT molecular complexity index is 1160. The van der Waals surface area contributed by atoms with E-state index in [2.05, 4.69) is 49.4 Å². The molecule has 4 heterocycles. The summed E-state index contributed by atoms with van der Waals surface area (Å²) in [6.07, 6.45) is 5.76. The predicted molar refractivity (Wildman–Crippen MR) is 116 cm³/mol. The summed E-state index contributed by atoms with van der Waals surface area (Å²) in [5, 5.41) is 3.00. The molecular weight excluding hydrogens is 392 g/mol. The highest BCUT2D eigenvalue weighted by atomic mass is 16.5. The van der Waals surface area contributed by atoms with E-state index in [0.29, 0.717) is 29.5 Å². The molecule has 1 aliphatic carbocycles. The second kappa shape index (κ2) is 7.02. The van der Waals surface area contributed by atoms with Crippen molar-refractivity contribution in [2.45, 2.75) is 37.9 Å². The van der Waals surface area contributed by atoms with Gasteiger partial charge in [0.2, 0.25) is 5.82 Å². The van der Waals surface area contributed by atoms with Gasteiger partial charge in [0.1, 0.15) is 6.33 Å². The number of nitrogens with one attached hydrogen (secondary N) is 1. The summed E-state index contributed by atoms with van der Waals surface area (Å²) in [5.41, 5.74) is 3.80. The maximum absolute atomic E-state index is 12.7. The highest BCUT2D eigenvalue weighted by Crippen LogP contribution is 2.44. The number of aryl methyl sites for hydroxylation is 1. The minimum absolute atomic E-state index is 0.146. The van der Waals surface area contributed by atoms with Gasteiger partial charge in [0, 0.05) is 26.7 Å². The standard InChI is InChI=1S/C23H26N6O2/c1-28-19-18(27-21(28)22(30)24-12-15-6-7-15)20(26-14-25-19)29-10-8-23(9-11-29)17-5-3-2-4-16(17)13-31-23/h2-5,14-15H,6-13H2,1H3,(H,24,30). The largest absolute Gasteiger partial charge is 0.365 e. The number of ether oxygens (including phenoxy) is 1. The third-order valence-electron chi connectivity index (χ3n) is 6.97. The van der Waals surface area contributed by atoms with Gasteiger partial charge in [-0.05, 0) is 42.7 Å². The first kappa shape index (κ1) is 18.7. The van der Waals surface area contributed by atoms with E-state index in [1.807, 2.05) is 7.05 Å². The normalized spacial score (nSPS) is 19.7. The summed E-state index contributed by atoms with van der Waals surface area (Å²) in [6, 6.07) is 8.53. The Morgan fingerprint density at radius 1 is 1.23 bits per heavy atom. The van der Waals surface area contributed by atoms with E-state index >= 15 is 0 Å². The molecule has 1 spiro atoms. The summed E-state index contributed by atoms with van der Waals surface area (Å²) < 4.78 is 8.07. The molecule has 2 aromatic heterocycles. The Balaban J connectivity index is 1.26. The number of piperidine rings is 1. The number of anilines is 1. The van der Waals surface area contributed by atoms with Crippen molar-refractivity contribution in [1.29, 1.82) is 0 Å². The monoisotopic (exact) mass is 418 g/mol. The van der Waals surface area contributed by atoms with Crippen LogP contribution in [-0.2, 0) is 24.0 Å². The lowest BCUT2D eigenvalue weighted by Crippen LogP contribution is -2.43. The fourth-order valence-electron chi connectivity index (χ4n) is 4.94. The van der Waals surface area contributed by atoms with E-state index in [4.69, 9.17) is 4.74 Å². The molecule has 160 valence electrons. The van der Waals surface area contributed by atoms with Crippen LogP contribution in [0.3, 0.4) is 0 Å². The molecule has 3 aromatic rings. The van der Waals surface area contributed by atoms with Crippen LogP contribution in [0, 0.1) is 5.92 Å². The molecule has 1 aromatic carbocycles. The molecule has 6 rings (SSSR count). The molecule has 0 bridgehead atoms. The molecule has 0 radical (unpaired) electrons. The zero-order chi connectivity index (χ0) is 21.0. The van der Waals surface area contributed by atoms with Gasteiger partial charge in [-0.15, -0.1) is 0 Å². The van der Waals surface area contributed by atoms with Crippen molar-refractivity contribution >= 4 is 22.9 Å². The van der Waals surface area contributed by atoms with Crippen molar-refractivity contribution in [3.8, 4) is 0 Å². The van der Waals surface area contributed by atoms with Crippen LogP contribution in [0.5, 0.6) is 0 Å². The SMILES string of the molecule is Cn1c(C(=O)NCC2CC2)nc2c(N3CCC4(CC3)OCc3ccccc34)ncnc21. The Labute approximate surface area is 180 Å². The van der Waals surface area contributed by atoms with Crippen molar-refractivity contribution in [2.75, 3.05) is 24.5 Å². The molecular formula is C23H26N6O2. The van der Waals surface area contributed by atoms with E-state index in [1.54, 1.807) is 10.9 Å². The van der Waals surface area contributed by atoms with Crippen LogP contribution in [0.1, 0.15) is 47.4 Å². The van der Waals surface area contributed by atoms with Crippen LogP contribution in [-0.4, -0.2) is 45.1 Å². The van der Waals surface area contributed by atoms with Gasteiger partial charge < -0.3 is 19.5 Å². The Morgan fingerprint density at radius 3 is 2.84 bits per heavy atom. The molecule has 2 fully saturated rings. The quantitative estimate of drug-likeness (QED) is 0.701. The predicted octanol–water partition coefficient (Wildman–Crippen LogP) is 2.53. The van der Waals surface area contributed by atoms with Crippen molar-refractivity contribution in [3.63, 3.8) is 0 Å². The highest BCUT2D eigenvalue weighted by molar-refractivity contribution is 5.96. The second-order valence-corrected chi connectivity index (χ2v) is 8.94. The zero-order valence-corrected chi connectivity index (χ0v) is 17.7. The molecule has 8 nitrogen and oxygen atoms in total. The Kier molecular flexibility index (Phi) is 4.24. The second-order valence-electron chi connectivity index (χ2n) is 8.94. The van der Waals surface area contributed by atoms with Crippen molar-refractivity contribution in [2.24, 2.45) is 13.0 Å². The number of fused-ring (bicyclic) bond motifs is 3. The lowest BCUT2D eigenvalue weighted by atomic mass is 9.84. The topological polar surface area (TPSA) is 85.2 Å². The molecule has 0 unspecified atom stereocenters. The number of nitrogens with zero attached hydrogens (tertiary/aromatic N) is 5. The molecule has 1 N–H and O–H groups in total. The van der Waals surface area contributed by atoms with Crippen molar-refractivity contribution in [3.05, 3.63) is 47.5 Å². The van der Waals surface area contributed by atoms with Crippen LogP contribution in [0.15, 0.2) is 30.6 Å². The Morgan fingerprint density at radius 2 is 2.03 bits per heavy atom. The van der Waals surface area contributed by atoms with Crippen LogP contribution < -0.4 is 10.2 Å². The first-order valence-corrected chi connectivity index (χ1v) is 11.1. The molecule has 31 heavy (non-hydrogen) atoms. The summed E-state index contributed by atoms with van der Waals surface area (Å²) in [5.74, 6) is 1.66. The number of aromatic nitrogens is 4. The average molecular weight is 419 g/mol. The summed E-state index contributed by atoms with van der Waals surface area (Å²) in [4.78, 5) is 28.5. The van der Waals surface area contributed by atoms with Gasteiger partial charge in [-0.2, -0.15) is 0 Å². The molecule has 1 saturated heterocycles. The van der Waals surface area contributed by atoms with Crippen LogP contribution in [0.2, 0.25) is 0 Å². The third kappa shape index (κ3) is 3.08. The minimum Gasteiger partial charge on any atom is -0.365 e. The molecule has 3 aliphatic rings. The summed E-state index contributed by atoms with van der Waals surface area (Å²) in [6.45, 7) is 3.05. The van der Waals surface area contributed by atoms with Gasteiger partial charge in [0.25, 0.3) is 5.91 Å². The van der Waals surface area contributed by atoms with Crippen LogP contribution in [0.4, 0.5) is 5.82 Å².